The van der Waals surface area contributed by atoms with Gasteiger partial charge in [0.15, 0.2) is 0 Å². The molecule has 2 rings (SSSR count). The topological polar surface area (TPSA) is 102 Å². The van der Waals surface area contributed by atoms with E-state index in [2.05, 4.69) is 16.7 Å². The van der Waals surface area contributed by atoms with Gasteiger partial charge in [0, 0.05) is 10.9 Å². The Bertz CT molecular complexity index is 618. The van der Waals surface area contributed by atoms with E-state index in [0.717, 1.165) is 24.1 Å². The highest BCUT2D eigenvalue weighted by molar-refractivity contribution is 7.16. The molecule has 1 aromatic rings. The van der Waals surface area contributed by atoms with Gasteiger partial charge in [0.25, 0.3) is 0 Å². The fraction of sp³-hybridized carbons (Fsp3) is 0.500. The molecule has 21 heavy (non-hydrogen) atoms. The molecule has 1 aliphatic carbocycles. The van der Waals surface area contributed by atoms with Crippen molar-refractivity contribution in [3.05, 3.63) is 16.0 Å². The lowest BCUT2D eigenvalue weighted by molar-refractivity contribution is 0.0697. The lowest BCUT2D eigenvalue weighted by Gasteiger charge is -2.15. The van der Waals surface area contributed by atoms with Crippen molar-refractivity contribution >= 4 is 28.3 Å². The zero-order chi connectivity index (χ0) is 15.6. The van der Waals surface area contributed by atoms with Crippen molar-refractivity contribution < 1.29 is 14.7 Å². The first-order chi connectivity index (χ1) is 9.93. The van der Waals surface area contributed by atoms with E-state index in [1.54, 1.807) is 6.92 Å². The Morgan fingerprint density at radius 1 is 1.38 bits per heavy atom. The number of hydrogen-bond acceptors (Lipinski definition) is 4. The smallest absolute Gasteiger partial charge is 0.338 e. The molecule has 1 saturated carbocycles. The molecule has 0 spiro atoms. The van der Waals surface area contributed by atoms with Crippen molar-refractivity contribution in [1.29, 1.82) is 5.26 Å². The van der Waals surface area contributed by atoms with Crippen LogP contribution in [-0.2, 0) is 0 Å². The Kier molecular flexibility index (Phi) is 4.48. The monoisotopic (exact) mass is 307 g/mol. The quantitative estimate of drug-likeness (QED) is 0.799. The van der Waals surface area contributed by atoms with Crippen molar-refractivity contribution in [3.8, 4) is 6.07 Å². The number of rotatable bonds is 3. The van der Waals surface area contributed by atoms with Crippen molar-refractivity contribution in [2.45, 2.75) is 39.2 Å². The highest BCUT2D eigenvalue weighted by Crippen LogP contribution is 2.32. The third kappa shape index (κ3) is 3.16. The van der Waals surface area contributed by atoms with Crippen LogP contribution in [0.3, 0.4) is 0 Å². The van der Waals surface area contributed by atoms with Gasteiger partial charge in [-0.2, -0.15) is 5.26 Å². The molecule has 2 atom stereocenters. The molecular formula is C14H17N3O3S. The summed E-state index contributed by atoms with van der Waals surface area (Å²) in [5.74, 6) is -1.22. The first-order valence-electron chi connectivity index (χ1n) is 6.74. The van der Waals surface area contributed by atoms with Gasteiger partial charge in [-0.3, -0.25) is 5.32 Å². The molecule has 7 heteroatoms. The van der Waals surface area contributed by atoms with Gasteiger partial charge in [0.1, 0.15) is 5.00 Å². The highest BCUT2D eigenvalue weighted by Gasteiger charge is 2.29. The predicted octanol–water partition coefficient (Wildman–Crippen LogP) is 2.88. The molecule has 0 aliphatic heterocycles. The van der Waals surface area contributed by atoms with Gasteiger partial charge in [0.2, 0.25) is 0 Å². The second-order valence-corrected chi connectivity index (χ2v) is 6.39. The first-order valence-corrected chi connectivity index (χ1v) is 7.56. The van der Waals surface area contributed by atoms with Crippen molar-refractivity contribution in [2.24, 2.45) is 5.92 Å². The summed E-state index contributed by atoms with van der Waals surface area (Å²) in [5, 5.41) is 23.9. The lowest BCUT2D eigenvalue weighted by atomic mass is 10.1. The number of aromatic carboxylic acids is 1. The molecule has 1 aromatic heterocycles. The maximum Gasteiger partial charge on any atom is 0.338 e. The van der Waals surface area contributed by atoms with Crippen molar-refractivity contribution in [1.82, 2.24) is 5.32 Å². The summed E-state index contributed by atoms with van der Waals surface area (Å²) in [6.07, 6.45) is 2.49. The van der Waals surface area contributed by atoms with Crippen LogP contribution in [0, 0.1) is 31.1 Å². The van der Waals surface area contributed by atoms with Crippen LogP contribution in [0.5, 0.6) is 0 Å². The van der Waals surface area contributed by atoms with Crippen LogP contribution in [0.25, 0.3) is 0 Å². The Balaban J connectivity index is 2.08. The lowest BCUT2D eigenvalue weighted by Crippen LogP contribution is -2.39. The zero-order valence-corrected chi connectivity index (χ0v) is 12.7. The number of anilines is 1. The summed E-state index contributed by atoms with van der Waals surface area (Å²) in [4.78, 5) is 24.1. The van der Waals surface area contributed by atoms with Crippen LogP contribution in [0.2, 0.25) is 0 Å². The number of nitrogens with one attached hydrogen (secondary N) is 2. The number of carboxylic acid groups (broad SMARTS) is 1. The number of nitriles is 1. The van der Waals surface area contributed by atoms with Gasteiger partial charge in [-0.05, 0) is 38.7 Å². The van der Waals surface area contributed by atoms with Gasteiger partial charge in [-0.15, -0.1) is 11.3 Å². The molecule has 3 N–H and O–H groups in total. The van der Waals surface area contributed by atoms with Gasteiger partial charge in [0.05, 0.1) is 17.6 Å². The van der Waals surface area contributed by atoms with E-state index < -0.39 is 12.0 Å². The third-order valence-corrected chi connectivity index (χ3v) is 4.95. The summed E-state index contributed by atoms with van der Waals surface area (Å²) in [7, 11) is 0. The Morgan fingerprint density at radius 2 is 2.10 bits per heavy atom. The molecule has 2 unspecified atom stereocenters. The van der Waals surface area contributed by atoms with E-state index in [1.165, 1.54) is 11.3 Å². The standard InChI is InChI=1S/C14H17N3O3S/c1-7-8(2)21-12(11(7)13(18)19)17-14(20)16-10-5-3-4-9(10)6-15/h9-10H,3-5H2,1-2H3,(H,18,19)(H2,16,17,20). The maximum atomic E-state index is 12.0. The minimum Gasteiger partial charge on any atom is -0.478 e. The molecule has 0 bridgehead atoms. The average Bonchev–Trinajstić information content (AvgIpc) is 2.95. The fourth-order valence-electron chi connectivity index (χ4n) is 2.57. The van der Waals surface area contributed by atoms with Crippen LogP contribution < -0.4 is 10.6 Å². The third-order valence-electron chi connectivity index (χ3n) is 3.82. The van der Waals surface area contributed by atoms with Crippen LogP contribution in [0.1, 0.15) is 40.1 Å². The van der Waals surface area contributed by atoms with Crippen molar-refractivity contribution in [2.75, 3.05) is 5.32 Å². The second kappa shape index (κ2) is 6.14. The number of carbonyl (C=O) groups excluding carboxylic acids is 1. The number of urea groups is 1. The SMILES string of the molecule is Cc1sc(NC(=O)NC2CCCC2C#N)c(C(=O)O)c1C. The molecule has 0 radical (unpaired) electrons. The van der Waals surface area contributed by atoms with E-state index >= 15 is 0 Å². The summed E-state index contributed by atoms with van der Waals surface area (Å²) >= 11 is 1.24. The first kappa shape index (κ1) is 15.3. The number of carboxylic acids is 1. The fourth-order valence-corrected chi connectivity index (χ4v) is 3.61. The maximum absolute atomic E-state index is 12.0. The van der Waals surface area contributed by atoms with Crippen LogP contribution >= 0.6 is 11.3 Å². The molecule has 1 heterocycles. The summed E-state index contributed by atoms with van der Waals surface area (Å²) in [5.41, 5.74) is 0.800. The molecular weight excluding hydrogens is 290 g/mol. The number of nitrogens with zero attached hydrogens (tertiary/aromatic N) is 1. The molecule has 0 saturated heterocycles. The van der Waals surface area contributed by atoms with Gasteiger partial charge in [-0.1, -0.05) is 0 Å². The number of amides is 2. The average molecular weight is 307 g/mol. The molecule has 0 aromatic carbocycles. The number of hydrogen-bond donors (Lipinski definition) is 3. The van der Waals surface area contributed by atoms with E-state index in [-0.39, 0.29) is 17.5 Å². The largest absolute Gasteiger partial charge is 0.478 e. The summed E-state index contributed by atoms with van der Waals surface area (Å²) in [6.45, 7) is 3.54. The minimum absolute atomic E-state index is 0.135. The van der Waals surface area contributed by atoms with E-state index in [1.807, 2.05) is 6.92 Å². The van der Waals surface area contributed by atoms with Crippen LogP contribution in [-0.4, -0.2) is 23.1 Å². The Hall–Kier alpha value is -2.07. The molecule has 112 valence electrons. The van der Waals surface area contributed by atoms with Crippen LogP contribution in [0.4, 0.5) is 9.80 Å². The van der Waals surface area contributed by atoms with Gasteiger partial charge in [-0.25, -0.2) is 9.59 Å². The number of aryl methyl sites for hydroxylation is 1. The minimum atomic E-state index is -1.05. The molecule has 2 amide bonds. The van der Waals surface area contributed by atoms with E-state index in [9.17, 15) is 14.7 Å². The van der Waals surface area contributed by atoms with E-state index in [0.29, 0.717) is 10.6 Å². The predicted molar refractivity (Wildman–Crippen MR) is 79.6 cm³/mol. The molecule has 6 nitrogen and oxygen atoms in total. The molecule has 1 fully saturated rings. The highest BCUT2D eigenvalue weighted by atomic mass is 32.1. The van der Waals surface area contributed by atoms with Crippen molar-refractivity contribution in [3.63, 3.8) is 0 Å². The number of carbonyl (C=O) groups is 2. The van der Waals surface area contributed by atoms with Gasteiger partial charge < -0.3 is 10.4 Å². The normalized spacial score (nSPS) is 20.8. The molecule has 1 aliphatic rings. The summed E-state index contributed by atoms with van der Waals surface area (Å²) < 4.78 is 0. The summed E-state index contributed by atoms with van der Waals surface area (Å²) in [6, 6.07) is 1.58. The van der Waals surface area contributed by atoms with Gasteiger partial charge >= 0.3 is 12.0 Å². The van der Waals surface area contributed by atoms with Crippen LogP contribution in [0.15, 0.2) is 0 Å². The Morgan fingerprint density at radius 3 is 2.71 bits per heavy atom. The Labute approximate surface area is 126 Å². The number of thiophene rings is 1. The van der Waals surface area contributed by atoms with E-state index in [4.69, 9.17) is 5.26 Å². The zero-order valence-electron chi connectivity index (χ0n) is 11.9. The second-order valence-electron chi connectivity index (χ2n) is 5.16.